The maximum atomic E-state index is 13.3. The van der Waals surface area contributed by atoms with E-state index in [1.807, 2.05) is 0 Å². The molecule has 4 rings (SSSR count). The van der Waals surface area contributed by atoms with Gasteiger partial charge in [-0.15, -0.1) is 23.4 Å². The summed E-state index contributed by atoms with van der Waals surface area (Å²) in [5.41, 5.74) is -0.733. The molecule has 0 spiro atoms. The number of hydrogen-bond acceptors (Lipinski definition) is 9. The molecule has 0 aromatic heterocycles. The highest BCUT2D eigenvalue weighted by molar-refractivity contribution is 7.99. The van der Waals surface area contributed by atoms with E-state index in [1.54, 1.807) is 13.2 Å². The molecule has 9 nitrogen and oxygen atoms in total. The molecular weight excluding hydrogens is 458 g/mol. The number of carbonyl (C=O) groups excluding carboxylic acids is 1. The van der Waals surface area contributed by atoms with Gasteiger partial charge in [0.1, 0.15) is 35.9 Å². The molecule has 0 bridgehead atoms. The number of aliphatic hydroxyl groups excluding tert-OH is 3. The lowest BCUT2D eigenvalue weighted by atomic mass is 9.92. The number of ether oxygens (including phenoxy) is 2. The lowest BCUT2D eigenvalue weighted by Crippen LogP contribution is -2.65. The number of thioether (sulfide) groups is 1. The molecule has 6 N–H and O–H groups in total. The SMILES string of the molecule is CSC1O[C@H]([C@H](NC(=O)[C@H]2NC[C@@H]3CC(NC4CC4)CCO[C@H]32)[C@H](C)Cl)C(O)[C@@H](O)[C@H]1O. The molecule has 3 saturated heterocycles. The summed E-state index contributed by atoms with van der Waals surface area (Å²) in [5.74, 6) is -0.0218. The first kappa shape index (κ1) is 24.9. The third-order valence-electron chi connectivity index (χ3n) is 7.08. The summed E-state index contributed by atoms with van der Waals surface area (Å²) in [6.45, 7) is 3.01. The van der Waals surface area contributed by atoms with Crippen molar-refractivity contribution in [2.24, 2.45) is 5.92 Å². The van der Waals surface area contributed by atoms with Crippen LogP contribution in [0.15, 0.2) is 0 Å². The van der Waals surface area contributed by atoms with Crippen LogP contribution in [-0.4, -0.2) is 106 Å². The van der Waals surface area contributed by atoms with Crippen molar-refractivity contribution >= 4 is 29.3 Å². The van der Waals surface area contributed by atoms with E-state index in [2.05, 4.69) is 16.0 Å². The molecule has 3 heterocycles. The fraction of sp³-hybridized carbons (Fsp3) is 0.952. The summed E-state index contributed by atoms with van der Waals surface area (Å²) in [6.07, 6.45) is 0.947. The molecule has 32 heavy (non-hydrogen) atoms. The van der Waals surface area contributed by atoms with Crippen molar-refractivity contribution < 1.29 is 29.6 Å². The highest BCUT2D eigenvalue weighted by Crippen LogP contribution is 2.32. The van der Waals surface area contributed by atoms with Gasteiger partial charge < -0.3 is 40.7 Å². The Morgan fingerprint density at radius 1 is 1.16 bits per heavy atom. The Morgan fingerprint density at radius 3 is 2.56 bits per heavy atom. The summed E-state index contributed by atoms with van der Waals surface area (Å²) in [6, 6.07) is -0.229. The highest BCUT2D eigenvalue weighted by Gasteiger charge is 2.49. The lowest BCUT2D eigenvalue weighted by molar-refractivity contribution is -0.205. The molecule has 3 unspecified atom stereocenters. The number of alkyl halides is 1. The van der Waals surface area contributed by atoms with E-state index >= 15 is 0 Å². The standard InChI is InChI=1S/C21H36ClN3O6S/c1-9(22)13(19-16(27)15(26)17(28)21(31-19)32-2)25-20(29)14-18-10(8-23-14)7-12(5-6-30-18)24-11-3-4-11/h9-19,21,23-24,26-28H,3-8H2,1-2H3,(H,25,29)/t9-,10-,12?,13+,14-,15+,16?,17+,18+,19+,21?/m0/s1. The zero-order valence-electron chi connectivity index (χ0n) is 18.5. The van der Waals surface area contributed by atoms with Crippen molar-refractivity contribution in [3.63, 3.8) is 0 Å². The van der Waals surface area contributed by atoms with Crippen LogP contribution in [0.25, 0.3) is 0 Å². The molecule has 1 aliphatic carbocycles. The average Bonchev–Trinajstić information content (AvgIpc) is 3.53. The van der Waals surface area contributed by atoms with Gasteiger partial charge in [0.2, 0.25) is 5.91 Å². The monoisotopic (exact) mass is 493 g/mol. The van der Waals surface area contributed by atoms with Crippen molar-refractivity contribution in [1.29, 1.82) is 0 Å². The van der Waals surface area contributed by atoms with Gasteiger partial charge in [-0.1, -0.05) is 0 Å². The zero-order chi connectivity index (χ0) is 23.0. The third-order valence-corrected chi connectivity index (χ3v) is 8.21. The largest absolute Gasteiger partial charge is 0.388 e. The second kappa shape index (κ2) is 10.6. The predicted molar refractivity (Wildman–Crippen MR) is 122 cm³/mol. The van der Waals surface area contributed by atoms with E-state index in [0.717, 1.165) is 12.8 Å². The number of fused-ring (bicyclic) bond motifs is 1. The van der Waals surface area contributed by atoms with Crippen LogP contribution in [0.4, 0.5) is 0 Å². The van der Waals surface area contributed by atoms with Crippen molar-refractivity contribution in [3.05, 3.63) is 0 Å². The second-order valence-electron chi connectivity index (χ2n) is 9.53. The minimum atomic E-state index is -1.39. The smallest absolute Gasteiger partial charge is 0.240 e. The Labute approximate surface area is 198 Å². The van der Waals surface area contributed by atoms with Crippen LogP contribution < -0.4 is 16.0 Å². The molecule has 4 aliphatic rings. The van der Waals surface area contributed by atoms with E-state index in [0.29, 0.717) is 25.2 Å². The molecule has 184 valence electrons. The van der Waals surface area contributed by atoms with Crippen LogP contribution >= 0.6 is 23.4 Å². The topological polar surface area (TPSA) is 132 Å². The second-order valence-corrected chi connectivity index (χ2v) is 11.2. The van der Waals surface area contributed by atoms with Crippen molar-refractivity contribution in [2.45, 2.75) is 98.1 Å². The van der Waals surface area contributed by atoms with E-state index in [9.17, 15) is 20.1 Å². The Bertz CT molecular complexity index is 657. The number of rotatable bonds is 7. The molecule has 0 radical (unpaired) electrons. The van der Waals surface area contributed by atoms with Crippen molar-refractivity contribution in [1.82, 2.24) is 16.0 Å². The Hall–Kier alpha value is -0.170. The van der Waals surface area contributed by atoms with Crippen molar-refractivity contribution in [2.75, 3.05) is 19.4 Å². The van der Waals surface area contributed by atoms with Crippen molar-refractivity contribution in [3.8, 4) is 0 Å². The Morgan fingerprint density at radius 2 is 1.91 bits per heavy atom. The normalized spacial score (nSPS) is 44.4. The first-order valence-electron chi connectivity index (χ1n) is 11.6. The first-order chi connectivity index (χ1) is 15.3. The molecule has 11 atom stereocenters. The first-order valence-corrected chi connectivity index (χ1v) is 13.3. The van der Waals surface area contributed by atoms with Crippen LogP contribution in [0.2, 0.25) is 0 Å². The lowest BCUT2D eigenvalue weighted by Gasteiger charge is -2.44. The van der Waals surface area contributed by atoms with Gasteiger partial charge in [0.25, 0.3) is 0 Å². The maximum absolute atomic E-state index is 13.3. The van der Waals surface area contributed by atoms with Gasteiger partial charge in [0.15, 0.2) is 0 Å². The molecule has 1 amide bonds. The van der Waals surface area contributed by atoms with E-state index in [-0.39, 0.29) is 17.9 Å². The van der Waals surface area contributed by atoms with Crippen LogP contribution in [0.3, 0.4) is 0 Å². The number of halogens is 1. The van der Waals surface area contributed by atoms with Gasteiger partial charge in [-0.2, -0.15) is 0 Å². The summed E-state index contributed by atoms with van der Waals surface area (Å²) >= 11 is 7.61. The van der Waals surface area contributed by atoms with Crippen LogP contribution in [0.5, 0.6) is 0 Å². The number of carbonyl (C=O) groups is 1. The fourth-order valence-electron chi connectivity index (χ4n) is 5.12. The fourth-order valence-corrected chi connectivity index (χ4v) is 6.00. The molecule has 4 fully saturated rings. The quantitative estimate of drug-likeness (QED) is 0.251. The average molecular weight is 494 g/mol. The van der Waals surface area contributed by atoms with Crippen LogP contribution in [-0.2, 0) is 14.3 Å². The molecular formula is C21H36ClN3O6S. The number of hydrogen-bond donors (Lipinski definition) is 6. The predicted octanol–water partition coefficient (Wildman–Crippen LogP) is -0.843. The third kappa shape index (κ3) is 5.39. The molecule has 3 aliphatic heterocycles. The van der Waals surface area contributed by atoms with Crippen LogP contribution in [0, 0.1) is 5.92 Å². The van der Waals surface area contributed by atoms with E-state index in [4.69, 9.17) is 21.1 Å². The van der Waals surface area contributed by atoms with E-state index < -0.39 is 47.3 Å². The number of amides is 1. The summed E-state index contributed by atoms with van der Waals surface area (Å²) < 4.78 is 12.0. The molecule has 0 aromatic rings. The van der Waals surface area contributed by atoms with Crippen LogP contribution in [0.1, 0.15) is 32.6 Å². The minimum Gasteiger partial charge on any atom is -0.388 e. The van der Waals surface area contributed by atoms with Gasteiger partial charge in [-0.3, -0.25) is 4.79 Å². The zero-order valence-corrected chi connectivity index (χ0v) is 20.1. The van der Waals surface area contributed by atoms with Gasteiger partial charge >= 0.3 is 0 Å². The van der Waals surface area contributed by atoms with Gasteiger partial charge in [-0.05, 0) is 38.9 Å². The summed E-state index contributed by atoms with van der Waals surface area (Å²) in [7, 11) is 0. The number of aliphatic hydroxyl groups is 3. The minimum absolute atomic E-state index is 0.226. The molecule has 11 heteroatoms. The Kier molecular flexibility index (Phi) is 8.27. The summed E-state index contributed by atoms with van der Waals surface area (Å²) in [4.78, 5) is 13.3. The van der Waals surface area contributed by atoms with Gasteiger partial charge in [-0.25, -0.2) is 0 Å². The maximum Gasteiger partial charge on any atom is 0.240 e. The molecule has 1 saturated carbocycles. The van der Waals surface area contributed by atoms with Gasteiger partial charge in [0.05, 0.1) is 17.5 Å². The highest BCUT2D eigenvalue weighted by atomic mass is 35.5. The number of nitrogens with one attached hydrogen (secondary N) is 3. The summed E-state index contributed by atoms with van der Waals surface area (Å²) in [5, 5.41) is 40.3. The van der Waals surface area contributed by atoms with Gasteiger partial charge in [0, 0.05) is 31.2 Å². The van der Waals surface area contributed by atoms with E-state index in [1.165, 1.54) is 24.6 Å². The Balaban J connectivity index is 1.41. The molecule has 0 aromatic carbocycles.